The summed E-state index contributed by atoms with van der Waals surface area (Å²) in [5.74, 6) is -0.876. The summed E-state index contributed by atoms with van der Waals surface area (Å²) in [6, 6.07) is 1.82. The number of carboxylic acids is 1. The van der Waals surface area contributed by atoms with Crippen molar-refractivity contribution in [1.82, 2.24) is 5.32 Å². The molecule has 4 nitrogen and oxygen atoms in total. The van der Waals surface area contributed by atoms with E-state index in [0.717, 1.165) is 24.8 Å². The quantitative estimate of drug-likeness (QED) is 0.730. The van der Waals surface area contributed by atoms with Crippen molar-refractivity contribution in [2.45, 2.75) is 31.3 Å². The molecule has 0 spiro atoms. The fourth-order valence-corrected chi connectivity index (χ4v) is 2.70. The molecule has 1 aliphatic carbocycles. The van der Waals surface area contributed by atoms with E-state index in [2.05, 4.69) is 5.32 Å². The molecule has 0 radical (unpaired) electrons. The van der Waals surface area contributed by atoms with Gasteiger partial charge in [-0.3, -0.25) is 0 Å². The van der Waals surface area contributed by atoms with Crippen LogP contribution in [0, 0.1) is 0 Å². The summed E-state index contributed by atoms with van der Waals surface area (Å²) < 4.78 is 0. The summed E-state index contributed by atoms with van der Waals surface area (Å²) in [7, 11) is 0. The van der Waals surface area contributed by atoms with Gasteiger partial charge in [-0.25, -0.2) is 4.79 Å². The van der Waals surface area contributed by atoms with Gasteiger partial charge in [0.15, 0.2) is 0 Å². The third-order valence-corrected chi connectivity index (χ3v) is 4.15. The first-order chi connectivity index (χ1) is 7.67. The van der Waals surface area contributed by atoms with Crippen LogP contribution in [0.15, 0.2) is 11.4 Å². The number of hydrogen-bond acceptors (Lipinski definition) is 4. The zero-order valence-electron chi connectivity index (χ0n) is 8.90. The third-order valence-electron chi connectivity index (χ3n) is 3.21. The lowest BCUT2D eigenvalue weighted by Gasteiger charge is -2.41. The Balaban J connectivity index is 1.99. The van der Waals surface area contributed by atoms with Crippen molar-refractivity contribution < 1.29 is 15.0 Å². The van der Waals surface area contributed by atoms with Crippen molar-refractivity contribution in [3.8, 4) is 0 Å². The van der Waals surface area contributed by atoms with Crippen molar-refractivity contribution >= 4 is 17.3 Å². The summed E-state index contributed by atoms with van der Waals surface area (Å²) in [4.78, 5) is 11.3. The van der Waals surface area contributed by atoms with Gasteiger partial charge in [-0.2, -0.15) is 0 Å². The molecule has 0 saturated heterocycles. The highest BCUT2D eigenvalue weighted by Crippen LogP contribution is 2.31. The number of aromatic carboxylic acids is 1. The Labute approximate surface area is 97.9 Å². The molecular weight excluding hydrogens is 226 g/mol. The van der Waals surface area contributed by atoms with Gasteiger partial charge in [-0.1, -0.05) is 0 Å². The largest absolute Gasteiger partial charge is 0.477 e. The van der Waals surface area contributed by atoms with E-state index in [1.165, 1.54) is 11.3 Å². The van der Waals surface area contributed by atoms with Crippen molar-refractivity contribution in [2.75, 3.05) is 6.61 Å². The summed E-state index contributed by atoms with van der Waals surface area (Å²) in [5, 5.41) is 23.3. The number of carboxylic acid groups (broad SMARTS) is 1. The number of aliphatic hydroxyl groups is 1. The number of thiophene rings is 1. The van der Waals surface area contributed by atoms with Gasteiger partial charge in [-0.15, -0.1) is 11.3 Å². The van der Waals surface area contributed by atoms with Crippen molar-refractivity contribution in [3.05, 3.63) is 21.9 Å². The zero-order valence-corrected chi connectivity index (χ0v) is 9.72. The molecule has 0 unspecified atom stereocenters. The molecule has 3 N–H and O–H groups in total. The SMILES string of the molecule is O=C(O)c1sccc1CNC1(CO)CCC1. The van der Waals surface area contributed by atoms with Crippen LogP contribution in [0.5, 0.6) is 0 Å². The van der Waals surface area contributed by atoms with Gasteiger partial charge in [0.2, 0.25) is 0 Å². The monoisotopic (exact) mass is 241 g/mol. The molecule has 1 aromatic rings. The maximum absolute atomic E-state index is 10.9. The fourth-order valence-electron chi connectivity index (χ4n) is 1.94. The molecule has 1 saturated carbocycles. The van der Waals surface area contributed by atoms with E-state index in [-0.39, 0.29) is 12.1 Å². The second kappa shape index (κ2) is 4.53. The maximum atomic E-state index is 10.9. The highest BCUT2D eigenvalue weighted by Gasteiger charge is 2.35. The molecule has 16 heavy (non-hydrogen) atoms. The van der Waals surface area contributed by atoms with Gasteiger partial charge in [0, 0.05) is 12.1 Å². The smallest absolute Gasteiger partial charge is 0.346 e. The first-order valence-electron chi connectivity index (χ1n) is 5.32. The second-order valence-corrected chi connectivity index (χ2v) is 5.14. The Morgan fingerprint density at radius 1 is 1.56 bits per heavy atom. The summed E-state index contributed by atoms with van der Waals surface area (Å²) in [6.07, 6.45) is 3.06. The topological polar surface area (TPSA) is 69.6 Å². The van der Waals surface area contributed by atoms with Crippen molar-refractivity contribution in [2.24, 2.45) is 0 Å². The Bertz CT molecular complexity index is 379. The molecule has 1 aromatic heterocycles. The lowest BCUT2D eigenvalue weighted by molar-refractivity contribution is 0.0698. The van der Waals surface area contributed by atoms with Gasteiger partial charge in [-0.05, 0) is 36.3 Å². The first-order valence-corrected chi connectivity index (χ1v) is 6.20. The normalized spacial score (nSPS) is 18.1. The van der Waals surface area contributed by atoms with Gasteiger partial charge < -0.3 is 15.5 Å². The molecule has 2 rings (SSSR count). The van der Waals surface area contributed by atoms with Crippen LogP contribution in [-0.4, -0.2) is 28.3 Å². The molecule has 0 atom stereocenters. The van der Waals surface area contributed by atoms with Gasteiger partial charge in [0.1, 0.15) is 4.88 Å². The molecular formula is C11H15NO3S. The lowest BCUT2D eigenvalue weighted by atomic mass is 9.77. The van der Waals surface area contributed by atoms with Gasteiger partial charge in [0.25, 0.3) is 0 Å². The van der Waals surface area contributed by atoms with E-state index in [1.54, 1.807) is 5.38 Å². The number of nitrogens with one attached hydrogen (secondary N) is 1. The number of hydrogen-bond donors (Lipinski definition) is 3. The molecule has 1 fully saturated rings. The zero-order chi connectivity index (χ0) is 11.6. The Hall–Kier alpha value is -0.910. The Morgan fingerprint density at radius 2 is 2.31 bits per heavy atom. The van der Waals surface area contributed by atoms with Crippen molar-refractivity contribution in [3.63, 3.8) is 0 Å². The minimum absolute atomic E-state index is 0.125. The van der Waals surface area contributed by atoms with E-state index < -0.39 is 5.97 Å². The Kier molecular flexibility index (Phi) is 3.28. The maximum Gasteiger partial charge on any atom is 0.346 e. The molecule has 0 amide bonds. The van der Waals surface area contributed by atoms with Crippen LogP contribution in [0.2, 0.25) is 0 Å². The summed E-state index contributed by atoms with van der Waals surface area (Å²) in [5.41, 5.74) is 0.634. The first kappa shape index (κ1) is 11.6. The number of rotatable bonds is 5. The van der Waals surface area contributed by atoms with Crippen LogP contribution in [0.4, 0.5) is 0 Å². The highest BCUT2D eigenvalue weighted by atomic mass is 32.1. The van der Waals surface area contributed by atoms with Gasteiger partial charge in [0.05, 0.1) is 6.61 Å². The standard InChI is InChI=1S/C11H15NO3S/c13-7-11(3-1-4-11)12-6-8-2-5-16-9(8)10(14)15/h2,5,12-13H,1,3-4,6-7H2,(H,14,15). The minimum atomic E-state index is -0.876. The summed E-state index contributed by atoms with van der Waals surface area (Å²) >= 11 is 1.24. The van der Waals surface area contributed by atoms with Crippen LogP contribution in [0.3, 0.4) is 0 Å². The average molecular weight is 241 g/mol. The molecule has 0 bridgehead atoms. The average Bonchev–Trinajstić information content (AvgIpc) is 2.65. The number of aliphatic hydroxyl groups excluding tert-OH is 1. The van der Waals surface area contributed by atoms with Crippen LogP contribution < -0.4 is 5.32 Å². The molecule has 1 heterocycles. The molecule has 5 heteroatoms. The molecule has 0 aromatic carbocycles. The second-order valence-electron chi connectivity index (χ2n) is 4.23. The molecule has 0 aliphatic heterocycles. The fraction of sp³-hybridized carbons (Fsp3) is 0.545. The van der Waals surface area contributed by atoms with Crippen molar-refractivity contribution in [1.29, 1.82) is 0 Å². The van der Waals surface area contributed by atoms with Crippen LogP contribution >= 0.6 is 11.3 Å². The van der Waals surface area contributed by atoms with Crippen LogP contribution in [0.1, 0.15) is 34.5 Å². The van der Waals surface area contributed by atoms with Crippen LogP contribution in [-0.2, 0) is 6.54 Å². The van der Waals surface area contributed by atoms with Gasteiger partial charge >= 0.3 is 5.97 Å². The van der Waals surface area contributed by atoms with Crippen LogP contribution in [0.25, 0.3) is 0 Å². The summed E-state index contributed by atoms with van der Waals surface area (Å²) in [6.45, 7) is 0.644. The van der Waals surface area contributed by atoms with E-state index >= 15 is 0 Å². The van der Waals surface area contributed by atoms with E-state index in [9.17, 15) is 9.90 Å². The third kappa shape index (κ3) is 2.11. The predicted molar refractivity (Wildman–Crippen MR) is 61.8 cm³/mol. The van der Waals surface area contributed by atoms with E-state index in [0.29, 0.717) is 11.4 Å². The molecule has 1 aliphatic rings. The Morgan fingerprint density at radius 3 is 2.81 bits per heavy atom. The number of carbonyl (C=O) groups is 1. The predicted octanol–water partition coefficient (Wildman–Crippen LogP) is 1.45. The minimum Gasteiger partial charge on any atom is -0.477 e. The van der Waals surface area contributed by atoms with E-state index in [1.807, 2.05) is 6.07 Å². The van der Waals surface area contributed by atoms with E-state index in [4.69, 9.17) is 5.11 Å². The lowest BCUT2D eigenvalue weighted by Crippen LogP contribution is -2.53. The highest BCUT2D eigenvalue weighted by molar-refractivity contribution is 7.12. The molecule has 88 valence electrons.